The summed E-state index contributed by atoms with van der Waals surface area (Å²) in [6, 6.07) is 15.4. The molecule has 0 unspecified atom stereocenters. The van der Waals surface area contributed by atoms with Crippen LogP contribution >= 0.6 is 11.6 Å². The van der Waals surface area contributed by atoms with Gasteiger partial charge in [-0.05, 0) is 42.5 Å². The first kappa shape index (κ1) is 12.8. The van der Waals surface area contributed by atoms with Crippen molar-refractivity contribution in [1.82, 2.24) is 4.57 Å². The predicted octanol–water partition coefficient (Wildman–Crippen LogP) is 4.71. The summed E-state index contributed by atoms with van der Waals surface area (Å²) in [6.45, 7) is 0. The Bertz CT molecular complexity index is 802. The largest absolute Gasteiger partial charge is 0.507 e. The first-order valence-corrected chi connectivity index (χ1v) is 6.74. The second kappa shape index (κ2) is 5.06. The van der Waals surface area contributed by atoms with Crippen molar-refractivity contribution in [3.63, 3.8) is 0 Å². The zero-order valence-electron chi connectivity index (χ0n) is 11.0. The lowest BCUT2D eigenvalue weighted by molar-refractivity contribution is 0.474. The van der Waals surface area contributed by atoms with Crippen LogP contribution in [0, 0.1) is 0 Å². The molecule has 0 fully saturated rings. The molecular formula is C17H14ClNO. The average Bonchev–Trinajstić information content (AvgIpc) is 2.77. The van der Waals surface area contributed by atoms with E-state index in [9.17, 15) is 5.11 Å². The Labute approximate surface area is 122 Å². The van der Waals surface area contributed by atoms with E-state index < -0.39 is 0 Å². The van der Waals surface area contributed by atoms with E-state index in [0.29, 0.717) is 10.6 Å². The monoisotopic (exact) mass is 283 g/mol. The van der Waals surface area contributed by atoms with Gasteiger partial charge in [0, 0.05) is 34.2 Å². The highest BCUT2D eigenvalue weighted by molar-refractivity contribution is 6.30. The summed E-state index contributed by atoms with van der Waals surface area (Å²) in [5.41, 5.74) is 2.97. The van der Waals surface area contributed by atoms with Crippen LogP contribution in [-0.4, -0.2) is 9.67 Å². The summed E-state index contributed by atoms with van der Waals surface area (Å²) in [5, 5.41) is 11.6. The lowest BCUT2D eigenvalue weighted by Crippen LogP contribution is -1.89. The molecular weight excluding hydrogens is 270 g/mol. The Morgan fingerprint density at radius 2 is 1.85 bits per heavy atom. The van der Waals surface area contributed by atoms with Gasteiger partial charge >= 0.3 is 0 Å². The third-order valence-electron chi connectivity index (χ3n) is 3.41. The third kappa shape index (κ3) is 2.30. The number of hydrogen-bond acceptors (Lipinski definition) is 1. The quantitative estimate of drug-likeness (QED) is 0.724. The molecule has 0 amide bonds. The number of rotatable bonds is 2. The van der Waals surface area contributed by atoms with Crippen LogP contribution in [0.1, 0.15) is 11.3 Å². The minimum Gasteiger partial charge on any atom is -0.507 e. The van der Waals surface area contributed by atoms with Gasteiger partial charge in [0.1, 0.15) is 5.75 Å². The third-order valence-corrected chi connectivity index (χ3v) is 3.65. The number of fused-ring (bicyclic) bond motifs is 1. The fourth-order valence-corrected chi connectivity index (χ4v) is 2.48. The number of phenols is 1. The second-order valence-corrected chi connectivity index (χ2v) is 5.16. The van der Waals surface area contributed by atoms with Gasteiger partial charge in [-0.2, -0.15) is 0 Å². The molecule has 0 saturated heterocycles. The lowest BCUT2D eigenvalue weighted by atomic mass is 10.1. The van der Waals surface area contributed by atoms with Crippen molar-refractivity contribution >= 4 is 34.7 Å². The van der Waals surface area contributed by atoms with Gasteiger partial charge in [-0.15, -0.1) is 0 Å². The summed E-state index contributed by atoms with van der Waals surface area (Å²) in [4.78, 5) is 0. The molecule has 20 heavy (non-hydrogen) atoms. The fourth-order valence-electron chi connectivity index (χ4n) is 2.30. The number of benzene rings is 2. The highest BCUT2D eigenvalue weighted by atomic mass is 35.5. The molecule has 1 aromatic heterocycles. The van der Waals surface area contributed by atoms with Crippen LogP contribution in [0.2, 0.25) is 5.02 Å². The van der Waals surface area contributed by atoms with Gasteiger partial charge in [-0.1, -0.05) is 29.8 Å². The molecule has 2 nitrogen and oxygen atoms in total. The van der Waals surface area contributed by atoms with Gasteiger partial charge in [0.2, 0.25) is 0 Å². The maximum atomic E-state index is 9.81. The van der Waals surface area contributed by atoms with Crippen LogP contribution in [-0.2, 0) is 7.05 Å². The predicted molar refractivity (Wildman–Crippen MR) is 85.0 cm³/mol. The smallest absolute Gasteiger partial charge is 0.122 e. The van der Waals surface area contributed by atoms with E-state index >= 15 is 0 Å². The van der Waals surface area contributed by atoms with Gasteiger partial charge in [0.15, 0.2) is 0 Å². The summed E-state index contributed by atoms with van der Waals surface area (Å²) in [7, 11) is 2.03. The number of para-hydroxylation sites is 1. The number of hydrogen-bond donors (Lipinski definition) is 1. The molecule has 0 aliphatic rings. The molecule has 0 radical (unpaired) electrons. The summed E-state index contributed by atoms with van der Waals surface area (Å²) in [6.07, 6.45) is 3.85. The second-order valence-electron chi connectivity index (χ2n) is 4.72. The highest BCUT2D eigenvalue weighted by Gasteiger charge is 2.03. The van der Waals surface area contributed by atoms with E-state index in [0.717, 1.165) is 5.69 Å². The summed E-state index contributed by atoms with van der Waals surface area (Å²) in [5.74, 6) is 0.226. The van der Waals surface area contributed by atoms with E-state index in [2.05, 4.69) is 22.8 Å². The van der Waals surface area contributed by atoms with E-state index in [4.69, 9.17) is 11.6 Å². The zero-order valence-corrected chi connectivity index (χ0v) is 11.8. The average molecular weight is 284 g/mol. The van der Waals surface area contributed by atoms with Crippen molar-refractivity contribution in [3.8, 4) is 5.75 Å². The first-order valence-electron chi connectivity index (χ1n) is 6.36. The van der Waals surface area contributed by atoms with Gasteiger partial charge in [0.25, 0.3) is 0 Å². The Balaban J connectivity index is 2.02. The van der Waals surface area contributed by atoms with Crippen LogP contribution in [0.4, 0.5) is 0 Å². The van der Waals surface area contributed by atoms with Gasteiger partial charge in [-0.25, -0.2) is 0 Å². The number of phenolic OH excluding ortho intramolecular Hbond substituents is 1. The molecule has 0 aliphatic carbocycles. The van der Waals surface area contributed by atoms with Gasteiger partial charge in [0.05, 0.1) is 0 Å². The number of halogens is 1. The van der Waals surface area contributed by atoms with Crippen molar-refractivity contribution < 1.29 is 5.11 Å². The van der Waals surface area contributed by atoms with Crippen molar-refractivity contribution in [1.29, 1.82) is 0 Å². The number of aryl methyl sites for hydroxylation is 1. The molecule has 100 valence electrons. The van der Waals surface area contributed by atoms with Crippen LogP contribution in [0.5, 0.6) is 5.75 Å². The van der Waals surface area contributed by atoms with E-state index in [1.807, 2.05) is 31.3 Å². The Hall–Kier alpha value is -2.19. The zero-order chi connectivity index (χ0) is 14.1. The Morgan fingerprint density at radius 3 is 2.65 bits per heavy atom. The lowest BCUT2D eigenvalue weighted by Gasteiger charge is -2.01. The van der Waals surface area contributed by atoms with Crippen LogP contribution in [0.3, 0.4) is 0 Å². The molecule has 0 atom stereocenters. The van der Waals surface area contributed by atoms with Crippen LogP contribution < -0.4 is 0 Å². The Morgan fingerprint density at radius 1 is 1.05 bits per heavy atom. The van der Waals surface area contributed by atoms with E-state index in [1.54, 1.807) is 18.2 Å². The molecule has 1 N–H and O–H groups in total. The first-order chi connectivity index (χ1) is 9.65. The maximum absolute atomic E-state index is 9.81. The topological polar surface area (TPSA) is 25.2 Å². The van der Waals surface area contributed by atoms with Crippen LogP contribution in [0.15, 0.2) is 48.5 Å². The SMILES string of the molecule is Cn1c(/C=C/c2cc(Cl)ccc2O)cc2ccccc21. The van der Waals surface area contributed by atoms with Crippen molar-refractivity contribution in [2.45, 2.75) is 0 Å². The van der Waals surface area contributed by atoms with Gasteiger partial charge in [-0.3, -0.25) is 0 Å². The number of aromatic nitrogens is 1. The molecule has 0 saturated carbocycles. The number of nitrogens with zero attached hydrogens (tertiary/aromatic N) is 1. The molecule has 1 heterocycles. The fraction of sp³-hybridized carbons (Fsp3) is 0.0588. The molecule has 0 bridgehead atoms. The standard InChI is InChI=1S/C17H14ClNO/c1-19-15(11-12-4-2-3-5-16(12)19)8-6-13-10-14(18)7-9-17(13)20/h2-11,20H,1H3/b8-6+. The normalized spacial score (nSPS) is 11.5. The molecule has 2 aromatic carbocycles. The van der Waals surface area contributed by atoms with Crippen molar-refractivity contribution in [2.24, 2.45) is 7.05 Å². The van der Waals surface area contributed by atoms with E-state index in [-0.39, 0.29) is 5.75 Å². The minimum atomic E-state index is 0.226. The van der Waals surface area contributed by atoms with E-state index in [1.165, 1.54) is 10.9 Å². The summed E-state index contributed by atoms with van der Waals surface area (Å²) < 4.78 is 2.12. The van der Waals surface area contributed by atoms with Crippen LogP contribution in [0.25, 0.3) is 23.1 Å². The molecule has 3 rings (SSSR count). The summed E-state index contributed by atoms with van der Waals surface area (Å²) >= 11 is 5.94. The van der Waals surface area contributed by atoms with Crippen molar-refractivity contribution in [3.05, 3.63) is 64.8 Å². The molecule has 0 spiro atoms. The molecule has 3 heteroatoms. The Kier molecular flexibility index (Phi) is 3.25. The molecule has 0 aliphatic heterocycles. The maximum Gasteiger partial charge on any atom is 0.122 e. The van der Waals surface area contributed by atoms with Gasteiger partial charge < -0.3 is 9.67 Å². The number of aromatic hydroxyl groups is 1. The minimum absolute atomic E-state index is 0.226. The van der Waals surface area contributed by atoms with Crippen molar-refractivity contribution in [2.75, 3.05) is 0 Å². The molecule has 3 aromatic rings. The highest BCUT2D eigenvalue weighted by Crippen LogP contribution is 2.25.